The maximum absolute atomic E-state index is 12.2. The van der Waals surface area contributed by atoms with Gasteiger partial charge in [0.15, 0.2) is 0 Å². The molecule has 0 aliphatic carbocycles. The lowest BCUT2D eigenvalue weighted by Gasteiger charge is -2.49. The molecule has 25 heavy (non-hydrogen) atoms. The van der Waals surface area contributed by atoms with Crippen LogP contribution in [0.4, 0.5) is 5.69 Å². The lowest BCUT2D eigenvalue weighted by Crippen LogP contribution is -2.53. The normalized spacial score (nSPS) is 20.7. The van der Waals surface area contributed by atoms with Crippen molar-refractivity contribution in [1.29, 1.82) is 0 Å². The monoisotopic (exact) mass is 337 g/mol. The summed E-state index contributed by atoms with van der Waals surface area (Å²) in [4.78, 5) is 21.3. The zero-order valence-corrected chi connectivity index (χ0v) is 15.2. The van der Waals surface area contributed by atoms with Crippen molar-refractivity contribution in [2.24, 2.45) is 5.41 Å². The molecule has 3 heterocycles. The fourth-order valence-corrected chi connectivity index (χ4v) is 4.50. The number of benzene rings is 1. The minimum atomic E-state index is 0.312. The fraction of sp³-hybridized carbons (Fsp3) is 0.524. The van der Waals surface area contributed by atoms with Gasteiger partial charge in [0, 0.05) is 49.4 Å². The lowest BCUT2D eigenvalue weighted by atomic mass is 9.72. The molecule has 1 aromatic carbocycles. The van der Waals surface area contributed by atoms with Gasteiger partial charge in [-0.1, -0.05) is 18.2 Å². The van der Waals surface area contributed by atoms with Crippen LogP contribution < -0.4 is 4.90 Å². The average Bonchev–Trinajstić information content (AvgIpc) is 2.64. The number of hydrogen-bond acceptors (Lipinski definition) is 3. The first-order valence-electron chi connectivity index (χ1n) is 9.46. The van der Waals surface area contributed by atoms with Crippen LogP contribution in [-0.2, 0) is 4.79 Å². The first-order valence-corrected chi connectivity index (χ1v) is 9.46. The SMILES string of the molecule is CC(C)N1CC2(CCC1=O)CCN(c1ccnc3ccccc13)CC2. The van der Waals surface area contributed by atoms with Crippen molar-refractivity contribution >= 4 is 22.5 Å². The van der Waals surface area contributed by atoms with Gasteiger partial charge in [0.1, 0.15) is 0 Å². The highest BCUT2D eigenvalue weighted by Crippen LogP contribution is 2.42. The molecule has 2 fully saturated rings. The summed E-state index contributed by atoms with van der Waals surface area (Å²) in [6.07, 6.45) is 6.03. The van der Waals surface area contributed by atoms with E-state index >= 15 is 0 Å². The quantitative estimate of drug-likeness (QED) is 0.835. The number of likely N-dealkylation sites (tertiary alicyclic amines) is 1. The second-order valence-corrected chi connectivity index (χ2v) is 7.95. The van der Waals surface area contributed by atoms with Gasteiger partial charge in [0.2, 0.25) is 5.91 Å². The largest absolute Gasteiger partial charge is 0.371 e. The lowest BCUT2D eigenvalue weighted by molar-refractivity contribution is -0.140. The Morgan fingerprint density at radius 1 is 1.08 bits per heavy atom. The van der Waals surface area contributed by atoms with Crippen LogP contribution in [0.3, 0.4) is 0 Å². The van der Waals surface area contributed by atoms with Crippen LogP contribution in [-0.4, -0.2) is 41.5 Å². The minimum absolute atomic E-state index is 0.312. The van der Waals surface area contributed by atoms with E-state index in [9.17, 15) is 4.79 Å². The van der Waals surface area contributed by atoms with Gasteiger partial charge in [-0.05, 0) is 50.7 Å². The Bertz CT molecular complexity index is 772. The average molecular weight is 337 g/mol. The number of nitrogens with zero attached hydrogens (tertiary/aromatic N) is 3. The van der Waals surface area contributed by atoms with Gasteiger partial charge in [-0.3, -0.25) is 9.78 Å². The molecule has 2 saturated heterocycles. The number of pyridine rings is 1. The number of aromatic nitrogens is 1. The molecule has 0 saturated carbocycles. The Kier molecular flexibility index (Phi) is 4.14. The van der Waals surface area contributed by atoms with Crippen LogP contribution in [0.15, 0.2) is 36.5 Å². The summed E-state index contributed by atoms with van der Waals surface area (Å²) in [5.74, 6) is 0.336. The second-order valence-electron chi connectivity index (χ2n) is 7.95. The Labute approximate surface area is 149 Å². The molecule has 0 atom stereocenters. The minimum Gasteiger partial charge on any atom is -0.371 e. The van der Waals surface area contributed by atoms with Crippen LogP contribution in [0.5, 0.6) is 0 Å². The first-order chi connectivity index (χ1) is 12.1. The summed E-state index contributed by atoms with van der Waals surface area (Å²) < 4.78 is 0. The molecule has 0 radical (unpaired) electrons. The third kappa shape index (κ3) is 2.99. The molecular formula is C21H27N3O. The molecule has 4 nitrogen and oxygen atoms in total. The van der Waals surface area contributed by atoms with Crippen LogP contribution >= 0.6 is 0 Å². The van der Waals surface area contributed by atoms with E-state index in [1.807, 2.05) is 12.3 Å². The van der Waals surface area contributed by atoms with Crippen molar-refractivity contribution in [2.45, 2.75) is 45.6 Å². The number of anilines is 1. The molecule has 1 aromatic heterocycles. The van der Waals surface area contributed by atoms with E-state index in [0.29, 0.717) is 17.4 Å². The first kappa shape index (κ1) is 16.4. The predicted octanol–water partition coefficient (Wildman–Crippen LogP) is 3.85. The van der Waals surface area contributed by atoms with Crippen molar-refractivity contribution in [1.82, 2.24) is 9.88 Å². The van der Waals surface area contributed by atoms with Crippen molar-refractivity contribution in [3.63, 3.8) is 0 Å². The van der Waals surface area contributed by atoms with E-state index < -0.39 is 0 Å². The van der Waals surface area contributed by atoms with Crippen LogP contribution in [0.1, 0.15) is 39.5 Å². The number of para-hydroxylation sites is 1. The topological polar surface area (TPSA) is 36.4 Å². The number of amides is 1. The van der Waals surface area contributed by atoms with Gasteiger partial charge in [-0.15, -0.1) is 0 Å². The van der Waals surface area contributed by atoms with E-state index in [1.165, 1.54) is 23.9 Å². The second kappa shape index (κ2) is 6.32. The Morgan fingerprint density at radius 2 is 1.84 bits per heavy atom. The number of rotatable bonds is 2. The van der Waals surface area contributed by atoms with Crippen molar-refractivity contribution in [2.75, 3.05) is 24.5 Å². The molecule has 4 heteroatoms. The molecule has 132 valence electrons. The number of fused-ring (bicyclic) bond motifs is 1. The Balaban J connectivity index is 1.52. The summed E-state index contributed by atoms with van der Waals surface area (Å²) in [5, 5.41) is 1.24. The van der Waals surface area contributed by atoms with Crippen LogP contribution in [0.25, 0.3) is 10.9 Å². The molecule has 0 N–H and O–H groups in total. The molecular weight excluding hydrogens is 310 g/mol. The zero-order chi connectivity index (χ0) is 17.4. The standard InChI is InChI=1S/C21H27N3O/c1-16(2)24-15-21(9-7-20(24)25)10-13-23(14-11-21)19-8-12-22-18-6-4-3-5-17(18)19/h3-6,8,12,16H,7,9-11,13-15H2,1-2H3. The van der Waals surface area contributed by atoms with Crippen LogP contribution in [0, 0.1) is 5.41 Å². The molecule has 1 spiro atoms. The van der Waals surface area contributed by atoms with E-state index in [4.69, 9.17) is 0 Å². The van der Waals surface area contributed by atoms with E-state index in [0.717, 1.165) is 38.0 Å². The third-order valence-corrected chi connectivity index (χ3v) is 6.11. The molecule has 2 aliphatic rings. The van der Waals surface area contributed by atoms with Gasteiger partial charge < -0.3 is 9.80 Å². The smallest absolute Gasteiger partial charge is 0.222 e. The number of piperidine rings is 2. The summed E-state index contributed by atoms with van der Waals surface area (Å²) >= 11 is 0. The molecule has 0 unspecified atom stereocenters. The number of carbonyl (C=O) groups is 1. The Hall–Kier alpha value is -2.10. The van der Waals surface area contributed by atoms with Gasteiger partial charge in [0.25, 0.3) is 0 Å². The molecule has 1 amide bonds. The fourth-order valence-electron chi connectivity index (χ4n) is 4.50. The maximum Gasteiger partial charge on any atom is 0.222 e. The van der Waals surface area contributed by atoms with Crippen molar-refractivity contribution < 1.29 is 4.79 Å². The summed E-state index contributed by atoms with van der Waals surface area (Å²) in [7, 11) is 0. The Morgan fingerprint density at radius 3 is 2.60 bits per heavy atom. The summed E-state index contributed by atoms with van der Waals surface area (Å²) in [5.41, 5.74) is 2.68. The van der Waals surface area contributed by atoms with Crippen molar-refractivity contribution in [3.05, 3.63) is 36.5 Å². The molecule has 2 aromatic rings. The number of carbonyl (C=O) groups excluding carboxylic acids is 1. The highest BCUT2D eigenvalue weighted by atomic mass is 16.2. The maximum atomic E-state index is 12.2. The summed E-state index contributed by atoms with van der Waals surface area (Å²) in [6, 6.07) is 10.8. The van der Waals surface area contributed by atoms with E-state index in [2.05, 4.69) is 52.9 Å². The zero-order valence-electron chi connectivity index (χ0n) is 15.2. The highest BCUT2D eigenvalue weighted by molar-refractivity contribution is 5.91. The molecule has 0 bridgehead atoms. The van der Waals surface area contributed by atoms with Gasteiger partial charge >= 0.3 is 0 Å². The predicted molar refractivity (Wildman–Crippen MR) is 102 cm³/mol. The van der Waals surface area contributed by atoms with E-state index in [1.54, 1.807) is 0 Å². The van der Waals surface area contributed by atoms with E-state index in [-0.39, 0.29) is 0 Å². The molecule has 4 rings (SSSR count). The summed E-state index contributed by atoms with van der Waals surface area (Å²) in [6.45, 7) is 7.33. The van der Waals surface area contributed by atoms with Crippen molar-refractivity contribution in [3.8, 4) is 0 Å². The molecule has 2 aliphatic heterocycles. The highest BCUT2D eigenvalue weighted by Gasteiger charge is 2.41. The van der Waals surface area contributed by atoms with Gasteiger partial charge in [0.05, 0.1) is 5.52 Å². The van der Waals surface area contributed by atoms with Crippen LogP contribution in [0.2, 0.25) is 0 Å². The number of hydrogen-bond donors (Lipinski definition) is 0. The van der Waals surface area contributed by atoms with Gasteiger partial charge in [-0.25, -0.2) is 0 Å². The third-order valence-electron chi connectivity index (χ3n) is 6.11. The van der Waals surface area contributed by atoms with Gasteiger partial charge in [-0.2, -0.15) is 0 Å².